The van der Waals surface area contributed by atoms with Gasteiger partial charge in [0.1, 0.15) is 5.56 Å². The Balaban J connectivity index is 1.58. The normalized spacial score (nSPS) is 16.5. The lowest BCUT2D eigenvalue weighted by molar-refractivity contribution is -0.136. The van der Waals surface area contributed by atoms with Gasteiger partial charge in [-0.2, -0.15) is 5.10 Å². The van der Waals surface area contributed by atoms with Crippen molar-refractivity contribution in [1.82, 2.24) is 25.0 Å². The lowest BCUT2D eigenvalue weighted by Crippen LogP contribution is -2.50. The first-order valence-electron chi connectivity index (χ1n) is 9.12. The number of hydrogen-bond donors (Lipinski definition) is 1. The Bertz CT molecular complexity index is 864. The molecule has 0 bridgehead atoms. The Morgan fingerprint density at radius 3 is 2.75 bits per heavy atom. The summed E-state index contributed by atoms with van der Waals surface area (Å²) in [5.74, 6) is -0.989. The third-order valence-electron chi connectivity index (χ3n) is 4.65. The summed E-state index contributed by atoms with van der Waals surface area (Å²) in [6.07, 6.45) is 6.33. The zero-order valence-electron chi connectivity index (χ0n) is 15.9. The van der Waals surface area contributed by atoms with Crippen molar-refractivity contribution in [2.45, 2.75) is 32.7 Å². The van der Waals surface area contributed by atoms with Gasteiger partial charge in [-0.15, -0.1) is 0 Å². The highest BCUT2D eigenvalue weighted by molar-refractivity contribution is 5.92. The maximum absolute atomic E-state index is 12.4. The van der Waals surface area contributed by atoms with Gasteiger partial charge in [-0.05, 0) is 31.9 Å². The van der Waals surface area contributed by atoms with Gasteiger partial charge in [-0.3, -0.25) is 14.6 Å². The van der Waals surface area contributed by atoms with E-state index in [1.807, 2.05) is 0 Å². The fraction of sp³-hybridized carbons (Fsp3) is 0.421. The van der Waals surface area contributed by atoms with Crippen molar-refractivity contribution >= 4 is 17.8 Å². The lowest BCUT2D eigenvalue weighted by atomic mass is 10.1. The highest BCUT2D eigenvalue weighted by Gasteiger charge is 2.25. The van der Waals surface area contributed by atoms with Crippen molar-refractivity contribution in [1.29, 1.82) is 0 Å². The van der Waals surface area contributed by atoms with Crippen molar-refractivity contribution < 1.29 is 19.1 Å². The minimum absolute atomic E-state index is 0.0632. The Morgan fingerprint density at radius 1 is 1.29 bits per heavy atom. The smallest absolute Gasteiger partial charge is 0.342 e. The van der Waals surface area contributed by atoms with Crippen LogP contribution in [0.25, 0.3) is 5.69 Å². The summed E-state index contributed by atoms with van der Waals surface area (Å²) in [5, 5.41) is 7.04. The van der Waals surface area contributed by atoms with Crippen molar-refractivity contribution in [3.63, 3.8) is 0 Å². The van der Waals surface area contributed by atoms with Crippen LogP contribution in [0.1, 0.15) is 35.8 Å². The van der Waals surface area contributed by atoms with Crippen LogP contribution in [-0.2, 0) is 14.3 Å². The molecule has 2 amide bonds. The molecule has 9 nitrogen and oxygen atoms in total. The molecular weight excluding hydrogens is 362 g/mol. The first kappa shape index (κ1) is 19.5. The molecule has 9 heteroatoms. The Hall–Kier alpha value is -3.23. The van der Waals surface area contributed by atoms with Crippen LogP contribution in [0.4, 0.5) is 0 Å². The molecule has 0 aliphatic carbocycles. The number of nitrogens with one attached hydrogen (secondary N) is 1. The third kappa shape index (κ3) is 4.54. The van der Waals surface area contributed by atoms with Crippen molar-refractivity contribution in [3.8, 4) is 5.69 Å². The van der Waals surface area contributed by atoms with Gasteiger partial charge < -0.3 is 15.0 Å². The zero-order valence-corrected chi connectivity index (χ0v) is 15.9. The molecule has 148 valence electrons. The maximum Gasteiger partial charge on any atom is 0.342 e. The summed E-state index contributed by atoms with van der Waals surface area (Å²) in [6, 6.07) is 3.49. The van der Waals surface area contributed by atoms with E-state index >= 15 is 0 Å². The molecule has 1 atom stereocenters. The molecule has 1 N–H and O–H groups in total. The predicted molar refractivity (Wildman–Crippen MR) is 99.8 cm³/mol. The molecule has 2 aromatic rings. The van der Waals surface area contributed by atoms with Gasteiger partial charge >= 0.3 is 5.97 Å². The summed E-state index contributed by atoms with van der Waals surface area (Å²) in [4.78, 5) is 41.6. The van der Waals surface area contributed by atoms with E-state index in [-0.39, 0.29) is 24.5 Å². The number of amides is 2. The lowest BCUT2D eigenvalue weighted by Gasteiger charge is -2.32. The molecule has 1 saturated heterocycles. The van der Waals surface area contributed by atoms with E-state index in [2.05, 4.69) is 15.4 Å². The number of carbonyl (C=O) groups excluding carboxylic acids is 3. The van der Waals surface area contributed by atoms with E-state index in [9.17, 15) is 14.4 Å². The molecule has 1 aliphatic rings. The average molecular weight is 385 g/mol. The first-order valence-corrected chi connectivity index (χ1v) is 9.12. The number of aromatic nitrogens is 3. The second-order valence-electron chi connectivity index (χ2n) is 6.72. The van der Waals surface area contributed by atoms with E-state index in [4.69, 9.17) is 4.74 Å². The Kier molecular flexibility index (Phi) is 6.03. The molecule has 0 aromatic carbocycles. The number of likely N-dealkylation sites (tertiary alicyclic amines) is 1. The van der Waals surface area contributed by atoms with Gasteiger partial charge in [0.25, 0.3) is 5.91 Å². The van der Waals surface area contributed by atoms with Crippen molar-refractivity contribution in [2.75, 3.05) is 19.7 Å². The number of rotatable bonds is 5. The van der Waals surface area contributed by atoms with Gasteiger partial charge in [0.05, 0.1) is 17.6 Å². The first-order chi connectivity index (χ1) is 13.5. The predicted octanol–water partition coefficient (Wildman–Crippen LogP) is 0.860. The molecule has 28 heavy (non-hydrogen) atoms. The van der Waals surface area contributed by atoms with Crippen LogP contribution in [0.3, 0.4) is 0 Å². The molecule has 3 rings (SSSR count). The topological polar surface area (TPSA) is 106 Å². The van der Waals surface area contributed by atoms with Gasteiger partial charge in [0, 0.05) is 38.4 Å². The van der Waals surface area contributed by atoms with Gasteiger partial charge in [0.2, 0.25) is 5.91 Å². The number of nitrogens with zero attached hydrogens (tertiary/aromatic N) is 4. The fourth-order valence-electron chi connectivity index (χ4n) is 3.26. The van der Waals surface area contributed by atoms with Crippen LogP contribution in [0.2, 0.25) is 0 Å². The summed E-state index contributed by atoms with van der Waals surface area (Å²) in [6.45, 7) is 3.89. The van der Waals surface area contributed by atoms with Crippen molar-refractivity contribution in [2.24, 2.45) is 0 Å². The molecule has 1 aliphatic heterocycles. The van der Waals surface area contributed by atoms with Crippen LogP contribution >= 0.6 is 0 Å². The quantitative estimate of drug-likeness (QED) is 0.765. The van der Waals surface area contributed by atoms with Crippen LogP contribution in [0.5, 0.6) is 0 Å². The molecule has 3 heterocycles. The van der Waals surface area contributed by atoms with Crippen LogP contribution < -0.4 is 5.32 Å². The molecule has 1 unspecified atom stereocenters. The Labute approximate surface area is 162 Å². The standard InChI is InChI=1S/C19H23N5O4/c1-13-17(10-21-24(13)16-5-7-20-8-6-16)19(27)28-12-18(26)23-9-3-4-15(11-23)22-14(2)25/h5-8,10,15H,3-4,9,11-12H2,1-2H3,(H,22,25). The molecule has 0 radical (unpaired) electrons. The number of piperidine rings is 1. The maximum atomic E-state index is 12.4. The highest BCUT2D eigenvalue weighted by Crippen LogP contribution is 2.15. The molecule has 1 fully saturated rings. The second-order valence-corrected chi connectivity index (χ2v) is 6.72. The fourth-order valence-corrected chi connectivity index (χ4v) is 3.26. The van der Waals surface area contributed by atoms with Crippen LogP contribution in [0.15, 0.2) is 30.7 Å². The number of pyridine rings is 1. The molecule has 2 aromatic heterocycles. The van der Waals surface area contributed by atoms with Crippen LogP contribution in [-0.4, -0.2) is 63.2 Å². The number of esters is 1. The van der Waals surface area contributed by atoms with Gasteiger partial charge in [0.15, 0.2) is 6.61 Å². The van der Waals surface area contributed by atoms with Crippen LogP contribution in [0, 0.1) is 6.92 Å². The van der Waals surface area contributed by atoms with Gasteiger partial charge in [-0.25, -0.2) is 9.48 Å². The van der Waals surface area contributed by atoms with E-state index in [0.29, 0.717) is 24.3 Å². The summed E-state index contributed by atoms with van der Waals surface area (Å²) in [5.41, 5.74) is 1.70. The minimum atomic E-state index is -0.596. The van der Waals surface area contributed by atoms with E-state index < -0.39 is 5.97 Å². The highest BCUT2D eigenvalue weighted by atomic mass is 16.5. The summed E-state index contributed by atoms with van der Waals surface area (Å²) < 4.78 is 6.82. The number of hydrogen-bond acceptors (Lipinski definition) is 6. The van der Waals surface area contributed by atoms with Gasteiger partial charge in [-0.1, -0.05) is 0 Å². The van der Waals surface area contributed by atoms with E-state index in [1.54, 1.807) is 41.0 Å². The Morgan fingerprint density at radius 2 is 2.04 bits per heavy atom. The third-order valence-corrected chi connectivity index (χ3v) is 4.65. The molecule has 0 spiro atoms. The largest absolute Gasteiger partial charge is 0.452 e. The van der Waals surface area contributed by atoms with Crippen molar-refractivity contribution in [3.05, 3.63) is 42.0 Å². The summed E-state index contributed by atoms with van der Waals surface area (Å²) >= 11 is 0. The van der Waals surface area contributed by atoms with E-state index in [1.165, 1.54) is 13.1 Å². The monoisotopic (exact) mass is 385 g/mol. The summed E-state index contributed by atoms with van der Waals surface area (Å²) in [7, 11) is 0. The SMILES string of the molecule is CC(=O)NC1CCCN(C(=O)COC(=O)c2cnn(-c3ccncc3)c2C)C1. The second kappa shape index (κ2) is 8.64. The molecular formula is C19H23N5O4. The number of carbonyl (C=O) groups is 3. The molecule has 0 saturated carbocycles. The number of ether oxygens (including phenoxy) is 1. The minimum Gasteiger partial charge on any atom is -0.452 e. The van der Waals surface area contributed by atoms with E-state index in [0.717, 1.165) is 18.5 Å². The average Bonchev–Trinajstić information content (AvgIpc) is 3.07. The zero-order chi connectivity index (χ0) is 20.1.